The Balaban J connectivity index is 2.30. The summed E-state index contributed by atoms with van der Waals surface area (Å²) < 4.78 is 2.01. The molecule has 1 aromatic carbocycles. The van der Waals surface area contributed by atoms with Gasteiger partial charge in [-0.25, -0.2) is 0 Å². The van der Waals surface area contributed by atoms with Crippen LogP contribution in [0.15, 0.2) is 27.1 Å². The predicted molar refractivity (Wildman–Crippen MR) is 78.2 cm³/mol. The zero-order valence-electron chi connectivity index (χ0n) is 10.0. The summed E-state index contributed by atoms with van der Waals surface area (Å²) in [5.74, 6) is -0.134. The Labute approximate surface area is 123 Å². The highest BCUT2D eigenvalue weighted by atomic mass is 79.9. The van der Waals surface area contributed by atoms with Crippen molar-refractivity contribution in [1.82, 2.24) is 10.6 Å². The number of amides is 1. The van der Waals surface area contributed by atoms with Gasteiger partial charge in [0.25, 0.3) is 0 Å². The molecule has 0 bridgehead atoms. The summed E-state index contributed by atoms with van der Waals surface area (Å²) >= 11 is 6.84. The second kappa shape index (κ2) is 7.89. The molecule has 0 fully saturated rings. The van der Waals surface area contributed by atoms with Crippen molar-refractivity contribution in [3.63, 3.8) is 0 Å². The van der Waals surface area contributed by atoms with Gasteiger partial charge in [0.1, 0.15) is 0 Å². The monoisotopic (exact) mass is 378 g/mol. The van der Waals surface area contributed by atoms with Gasteiger partial charge in [-0.05, 0) is 23.8 Å². The second-order valence-corrected chi connectivity index (χ2v) is 5.83. The summed E-state index contributed by atoms with van der Waals surface area (Å²) in [6, 6.07) is 5.99. The Morgan fingerprint density at radius 1 is 1.28 bits per heavy atom. The van der Waals surface area contributed by atoms with Crippen LogP contribution < -0.4 is 10.6 Å². The standard InChI is InChI=1S/C12H16Br2N2O2/c1-8(17)16-7-12(18)6-15-5-9-2-10(13)4-11(14)3-9/h2-4,12,15,18H,5-7H2,1H3,(H,16,17)/t12-/m1/s1. The molecule has 18 heavy (non-hydrogen) atoms. The molecule has 0 aromatic heterocycles. The lowest BCUT2D eigenvalue weighted by Crippen LogP contribution is -2.37. The lowest BCUT2D eigenvalue weighted by molar-refractivity contribution is -0.119. The number of carbonyl (C=O) groups is 1. The summed E-state index contributed by atoms with van der Waals surface area (Å²) in [5.41, 5.74) is 1.11. The van der Waals surface area contributed by atoms with Gasteiger partial charge in [0.2, 0.25) is 5.91 Å². The molecule has 1 aromatic rings. The van der Waals surface area contributed by atoms with E-state index >= 15 is 0 Å². The second-order valence-electron chi connectivity index (χ2n) is 4.00. The van der Waals surface area contributed by atoms with E-state index in [9.17, 15) is 9.90 Å². The van der Waals surface area contributed by atoms with E-state index in [1.807, 2.05) is 18.2 Å². The first kappa shape index (κ1) is 15.6. The summed E-state index contributed by atoms with van der Waals surface area (Å²) in [4.78, 5) is 10.7. The fraction of sp³-hybridized carbons (Fsp3) is 0.417. The molecule has 0 saturated heterocycles. The first-order chi connectivity index (χ1) is 8.47. The molecule has 100 valence electrons. The molecule has 6 heteroatoms. The van der Waals surface area contributed by atoms with Crippen LogP contribution in [0.4, 0.5) is 0 Å². The number of hydrogen-bond acceptors (Lipinski definition) is 3. The SMILES string of the molecule is CC(=O)NC[C@H](O)CNCc1cc(Br)cc(Br)c1. The zero-order valence-corrected chi connectivity index (χ0v) is 13.2. The van der Waals surface area contributed by atoms with E-state index in [0.29, 0.717) is 13.1 Å². The average Bonchev–Trinajstić information content (AvgIpc) is 2.25. The first-order valence-electron chi connectivity index (χ1n) is 5.55. The molecule has 0 radical (unpaired) electrons. The van der Waals surface area contributed by atoms with E-state index in [4.69, 9.17) is 0 Å². The zero-order chi connectivity index (χ0) is 13.5. The van der Waals surface area contributed by atoms with Gasteiger partial charge in [0, 0.05) is 35.5 Å². The van der Waals surface area contributed by atoms with Gasteiger partial charge in [0.15, 0.2) is 0 Å². The number of benzene rings is 1. The van der Waals surface area contributed by atoms with Crippen molar-refractivity contribution in [1.29, 1.82) is 0 Å². The van der Waals surface area contributed by atoms with E-state index in [1.165, 1.54) is 6.92 Å². The predicted octanol–water partition coefficient (Wildman–Crippen LogP) is 1.80. The van der Waals surface area contributed by atoms with Crippen LogP contribution in [0, 0.1) is 0 Å². The Hall–Kier alpha value is -0.430. The molecule has 1 amide bonds. The molecule has 3 N–H and O–H groups in total. The van der Waals surface area contributed by atoms with Crippen molar-refractivity contribution >= 4 is 37.8 Å². The highest BCUT2D eigenvalue weighted by Crippen LogP contribution is 2.19. The van der Waals surface area contributed by atoms with E-state index in [-0.39, 0.29) is 12.5 Å². The van der Waals surface area contributed by atoms with Gasteiger partial charge in [-0.2, -0.15) is 0 Å². The lowest BCUT2D eigenvalue weighted by Gasteiger charge is -2.12. The van der Waals surface area contributed by atoms with Crippen molar-refractivity contribution in [3.05, 3.63) is 32.7 Å². The maximum absolute atomic E-state index is 10.7. The summed E-state index contributed by atoms with van der Waals surface area (Å²) in [7, 11) is 0. The van der Waals surface area contributed by atoms with Gasteiger partial charge < -0.3 is 15.7 Å². The van der Waals surface area contributed by atoms with Gasteiger partial charge in [-0.3, -0.25) is 4.79 Å². The maximum atomic E-state index is 10.7. The van der Waals surface area contributed by atoms with Crippen molar-refractivity contribution in [2.75, 3.05) is 13.1 Å². The van der Waals surface area contributed by atoms with Gasteiger partial charge in [-0.15, -0.1) is 0 Å². The molecular weight excluding hydrogens is 364 g/mol. The quantitative estimate of drug-likeness (QED) is 0.706. The normalized spacial score (nSPS) is 12.2. The first-order valence-corrected chi connectivity index (χ1v) is 7.14. The van der Waals surface area contributed by atoms with Crippen LogP contribution in [0.1, 0.15) is 12.5 Å². The van der Waals surface area contributed by atoms with E-state index < -0.39 is 6.10 Å². The Bertz CT molecular complexity index is 393. The lowest BCUT2D eigenvalue weighted by atomic mass is 10.2. The highest BCUT2D eigenvalue weighted by Gasteiger charge is 2.04. The fourth-order valence-corrected chi connectivity index (χ4v) is 2.82. The Kier molecular flexibility index (Phi) is 6.85. The maximum Gasteiger partial charge on any atom is 0.216 e. The Morgan fingerprint density at radius 2 is 1.89 bits per heavy atom. The minimum atomic E-state index is -0.579. The molecule has 0 spiro atoms. The molecule has 1 atom stereocenters. The van der Waals surface area contributed by atoms with Gasteiger partial charge in [-0.1, -0.05) is 31.9 Å². The third-order valence-corrected chi connectivity index (χ3v) is 3.13. The van der Waals surface area contributed by atoms with E-state index in [0.717, 1.165) is 14.5 Å². The van der Waals surface area contributed by atoms with Crippen molar-refractivity contribution in [2.24, 2.45) is 0 Å². The molecule has 0 heterocycles. The topological polar surface area (TPSA) is 61.4 Å². The van der Waals surface area contributed by atoms with Crippen molar-refractivity contribution in [2.45, 2.75) is 19.6 Å². The number of hydrogen-bond donors (Lipinski definition) is 3. The van der Waals surface area contributed by atoms with Crippen molar-refractivity contribution in [3.8, 4) is 0 Å². The molecular formula is C12H16Br2N2O2. The molecule has 0 aliphatic heterocycles. The number of aliphatic hydroxyl groups excluding tert-OH is 1. The molecule has 0 aliphatic carbocycles. The third-order valence-electron chi connectivity index (χ3n) is 2.22. The number of carbonyl (C=O) groups excluding carboxylic acids is 1. The fourth-order valence-electron chi connectivity index (χ4n) is 1.43. The van der Waals surface area contributed by atoms with Crippen LogP contribution >= 0.6 is 31.9 Å². The van der Waals surface area contributed by atoms with Crippen LogP contribution in [0.25, 0.3) is 0 Å². The smallest absolute Gasteiger partial charge is 0.216 e. The van der Waals surface area contributed by atoms with Crippen LogP contribution in [0.5, 0.6) is 0 Å². The number of halogens is 2. The van der Waals surface area contributed by atoms with Gasteiger partial charge >= 0.3 is 0 Å². The highest BCUT2D eigenvalue weighted by molar-refractivity contribution is 9.11. The van der Waals surface area contributed by atoms with Crippen molar-refractivity contribution < 1.29 is 9.90 Å². The van der Waals surface area contributed by atoms with Crippen LogP contribution in [-0.2, 0) is 11.3 Å². The summed E-state index contributed by atoms with van der Waals surface area (Å²) in [6.45, 7) is 2.79. The van der Waals surface area contributed by atoms with E-state index in [2.05, 4.69) is 42.5 Å². The summed E-state index contributed by atoms with van der Waals surface area (Å²) in [6.07, 6.45) is -0.579. The van der Waals surface area contributed by atoms with E-state index in [1.54, 1.807) is 0 Å². The average molecular weight is 380 g/mol. The van der Waals surface area contributed by atoms with Gasteiger partial charge in [0.05, 0.1) is 6.10 Å². The molecule has 0 saturated carbocycles. The Morgan fingerprint density at radius 3 is 2.44 bits per heavy atom. The largest absolute Gasteiger partial charge is 0.390 e. The number of aliphatic hydroxyl groups is 1. The number of nitrogens with one attached hydrogen (secondary N) is 2. The van der Waals surface area contributed by atoms with Crippen LogP contribution in [0.3, 0.4) is 0 Å². The number of rotatable bonds is 6. The van der Waals surface area contributed by atoms with Crippen LogP contribution in [-0.4, -0.2) is 30.2 Å². The molecule has 0 aliphatic rings. The third kappa shape index (κ3) is 6.49. The molecule has 4 nitrogen and oxygen atoms in total. The molecule has 1 rings (SSSR count). The summed E-state index contributed by atoms with van der Waals surface area (Å²) in [5, 5.41) is 15.3. The van der Waals surface area contributed by atoms with Crippen LogP contribution in [0.2, 0.25) is 0 Å². The minimum absolute atomic E-state index is 0.134. The molecule has 0 unspecified atom stereocenters. The minimum Gasteiger partial charge on any atom is -0.390 e.